The Morgan fingerprint density at radius 2 is 1.40 bits per heavy atom. The average Bonchev–Trinajstić information content (AvgIpc) is 2.41. The Morgan fingerprint density at radius 1 is 0.850 bits per heavy atom. The molecule has 4 atom stereocenters. The molecular weight excluding hydrogens is 256 g/mol. The van der Waals surface area contributed by atoms with Crippen molar-refractivity contribution >= 4 is 11.9 Å². The zero-order valence-electron chi connectivity index (χ0n) is 12.7. The van der Waals surface area contributed by atoms with E-state index in [0.717, 1.165) is 38.5 Å². The molecule has 0 aliphatic heterocycles. The number of carbonyl (C=O) groups is 2. The Kier molecular flexibility index (Phi) is 7.03. The summed E-state index contributed by atoms with van der Waals surface area (Å²) in [4.78, 5) is 21.6. The first-order chi connectivity index (χ1) is 9.49. The Morgan fingerprint density at radius 3 is 1.90 bits per heavy atom. The Labute approximate surface area is 121 Å². The quantitative estimate of drug-likeness (QED) is 0.711. The molecule has 1 aliphatic carbocycles. The average molecular weight is 284 g/mol. The molecule has 1 saturated carbocycles. The summed E-state index contributed by atoms with van der Waals surface area (Å²) in [5, 5.41) is 17.8. The van der Waals surface area contributed by atoms with E-state index in [-0.39, 0.29) is 12.8 Å². The normalized spacial score (nSPS) is 30.1. The highest BCUT2D eigenvalue weighted by Crippen LogP contribution is 2.45. The molecule has 2 N–H and O–H groups in total. The van der Waals surface area contributed by atoms with Gasteiger partial charge < -0.3 is 10.2 Å². The van der Waals surface area contributed by atoms with Gasteiger partial charge in [-0.15, -0.1) is 0 Å². The molecule has 0 spiro atoms. The first-order valence-corrected chi connectivity index (χ1v) is 7.93. The number of rotatable bonds is 8. The maximum absolute atomic E-state index is 10.9. The van der Waals surface area contributed by atoms with Crippen LogP contribution in [0.15, 0.2) is 0 Å². The van der Waals surface area contributed by atoms with Gasteiger partial charge in [-0.2, -0.15) is 0 Å². The van der Waals surface area contributed by atoms with E-state index >= 15 is 0 Å². The highest BCUT2D eigenvalue weighted by Gasteiger charge is 2.37. The lowest BCUT2D eigenvalue weighted by Crippen LogP contribution is -2.35. The third kappa shape index (κ3) is 4.80. The Balaban J connectivity index is 2.71. The molecule has 0 amide bonds. The molecule has 1 aliphatic rings. The minimum Gasteiger partial charge on any atom is -0.481 e. The summed E-state index contributed by atoms with van der Waals surface area (Å²) in [6.07, 6.45) is 6.34. The van der Waals surface area contributed by atoms with Crippen LogP contribution in [0.3, 0.4) is 0 Å². The maximum Gasteiger partial charge on any atom is 0.303 e. The van der Waals surface area contributed by atoms with E-state index in [1.54, 1.807) is 0 Å². The van der Waals surface area contributed by atoms with Crippen molar-refractivity contribution in [3.05, 3.63) is 0 Å². The number of carboxylic acid groups (broad SMARTS) is 2. The summed E-state index contributed by atoms with van der Waals surface area (Å²) in [6, 6.07) is 0. The second-order valence-electron chi connectivity index (χ2n) is 6.11. The lowest BCUT2D eigenvalue weighted by Gasteiger charge is -2.43. The van der Waals surface area contributed by atoms with Gasteiger partial charge in [0.15, 0.2) is 0 Å². The monoisotopic (exact) mass is 284 g/mol. The van der Waals surface area contributed by atoms with Crippen LogP contribution in [0.25, 0.3) is 0 Å². The predicted molar refractivity (Wildman–Crippen MR) is 77.5 cm³/mol. The first kappa shape index (κ1) is 17.0. The topological polar surface area (TPSA) is 74.6 Å². The molecule has 0 bridgehead atoms. The van der Waals surface area contributed by atoms with Crippen molar-refractivity contribution in [1.82, 2.24) is 0 Å². The standard InChI is InChI=1S/C16H28O4/c1-3-11-5-6-12(7-9-15(17)18)13(4-2)14(11)8-10-16(19)20/h11-14H,3-10H2,1-2H3,(H,17,18)(H,19,20). The molecule has 4 heteroatoms. The number of carboxylic acids is 2. The first-order valence-electron chi connectivity index (χ1n) is 7.93. The van der Waals surface area contributed by atoms with E-state index in [2.05, 4.69) is 13.8 Å². The number of aliphatic carboxylic acids is 2. The van der Waals surface area contributed by atoms with E-state index in [4.69, 9.17) is 10.2 Å². The van der Waals surface area contributed by atoms with Gasteiger partial charge in [-0.3, -0.25) is 9.59 Å². The van der Waals surface area contributed by atoms with Crippen LogP contribution >= 0.6 is 0 Å². The van der Waals surface area contributed by atoms with Gasteiger partial charge in [-0.25, -0.2) is 0 Å². The van der Waals surface area contributed by atoms with Crippen molar-refractivity contribution in [2.24, 2.45) is 23.7 Å². The minimum absolute atomic E-state index is 0.239. The summed E-state index contributed by atoms with van der Waals surface area (Å²) in [6.45, 7) is 4.34. The molecule has 0 saturated heterocycles. The zero-order valence-corrected chi connectivity index (χ0v) is 12.7. The maximum atomic E-state index is 10.9. The van der Waals surface area contributed by atoms with Crippen LogP contribution in [0.2, 0.25) is 0 Å². The largest absolute Gasteiger partial charge is 0.481 e. The minimum atomic E-state index is -0.723. The lowest BCUT2D eigenvalue weighted by molar-refractivity contribution is -0.138. The van der Waals surface area contributed by atoms with Gasteiger partial charge in [-0.05, 0) is 49.4 Å². The fourth-order valence-electron chi connectivity index (χ4n) is 4.11. The predicted octanol–water partition coefficient (Wildman–Crippen LogP) is 3.79. The molecule has 0 aromatic rings. The molecule has 20 heavy (non-hydrogen) atoms. The van der Waals surface area contributed by atoms with Crippen molar-refractivity contribution in [3.8, 4) is 0 Å². The molecule has 0 aromatic heterocycles. The molecule has 0 heterocycles. The molecule has 4 unspecified atom stereocenters. The van der Waals surface area contributed by atoms with Crippen LogP contribution < -0.4 is 0 Å². The zero-order chi connectivity index (χ0) is 15.1. The van der Waals surface area contributed by atoms with Crippen LogP contribution in [0.4, 0.5) is 0 Å². The highest BCUT2D eigenvalue weighted by atomic mass is 16.4. The van der Waals surface area contributed by atoms with Gasteiger partial charge in [-0.1, -0.05) is 26.7 Å². The van der Waals surface area contributed by atoms with E-state index in [1.807, 2.05) is 0 Å². The van der Waals surface area contributed by atoms with Gasteiger partial charge >= 0.3 is 11.9 Å². The summed E-state index contributed by atoms with van der Waals surface area (Å²) >= 11 is 0. The lowest BCUT2D eigenvalue weighted by atomic mass is 9.62. The van der Waals surface area contributed by atoms with Gasteiger partial charge in [0.1, 0.15) is 0 Å². The van der Waals surface area contributed by atoms with E-state index in [0.29, 0.717) is 23.7 Å². The molecule has 4 nitrogen and oxygen atoms in total. The second kappa shape index (κ2) is 8.28. The highest BCUT2D eigenvalue weighted by molar-refractivity contribution is 5.67. The molecule has 0 aromatic carbocycles. The summed E-state index contributed by atoms with van der Waals surface area (Å²) in [7, 11) is 0. The summed E-state index contributed by atoms with van der Waals surface area (Å²) in [5.74, 6) is 0.570. The number of hydrogen-bond donors (Lipinski definition) is 2. The molecule has 1 fully saturated rings. The fourth-order valence-corrected chi connectivity index (χ4v) is 4.11. The molecule has 1 rings (SSSR count). The third-order valence-electron chi connectivity index (χ3n) is 5.09. The smallest absolute Gasteiger partial charge is 0.303 e. The summed E-state index contributed by atoms with van der Waals surface area (Å²) in [5.41, 5.74) is 0. The van der Waals surface area contributed by atoms with Crippen molar-refractivity contribution in [1.29, 1.82) is 0 Å². The molecule has 116 valence electrons. The van der Waals surface area contributed by atoms with E-state index in [1.165, 1.54) is 0 Å². The van der Waals surface area contributed by atoms with E-state index < -0.39 is 11.9 Å². The van der Waals surface area contributed by atoms with Gasteiger partial charge in [0.2, 0.25) is 0 Å². The van der Waals surface area contributed by atoms with Crippen LogP contribution in [0.5, 0.6) is 0 Å². The van der Waals surface area contributed by atoms with E-state index in [9.17, 15) is 9.59 Å². The van der Waals surface area contributed by atoms with Gasteiger partial charge in [0.05, 0.1) is 0 Å². The van der Waals surface area contributed by atoms with Crippen LogP contribution in [0, 0.1) is 23.7 Å². The van der Waals surface area contributed by atoms with Gasteiger partial charge in [0, 0.05) is 12.8 Å². The molecular formula is C16H28O4. The SMILES string of the molecule is CCC1CCC(CCC(=O)O)C(CC)C1CCC(=O)O. The van der Waals surface area contributed by atoms with Crippen molar-refractivity contribution in [2.75, 3.05) is 0 Å². The summed E-state index contributed by atoms with van der Waals surface area (Å²) < 4.78 is 0. The second-order valence-corrected chi connectivity index (χ2v) is 6.11. The van der Waals surface area contributed by atoms with Crippen molar-refractivity contribution in [2.45, 2.75) is 65.2 Å². The third-order valence-corrected chi connectivity index (χ3v) is 5.09. The van der Waals surface area contributed by atoms with Crippen LogP contribution in [-0.4, -0.2) is 22.2 Å². The van der Waals surface area contributed by atoms with Gasteiger partial charge in [0.25, 0.3) is 0 Å². The number of hydrogen-bond acceptors (Lipinski definition) is 2. The van der Waals surface area contributed by atoms with Crippen LogP contribution in [0.1, 0.15) is 65.2 Å². The Hall–Kier alpha value is -1.06. The fraction of sp³-hybridized carbons (Fsp3) is 0.875. The van der Waals surface area contributed by atoms with Crippen LogP contribution in [-0.2, 0) is 9.59 Å². The van der Waals surface area contributed by atoms with Crippen molar-refractivity contribution < 1.29 is 19.8 Å². The molecule has 0 radical (unpaired) electrons. The Bertz CT molecular complexity index is 326. The van der Waals surface area contributed by atoms with Crippen molar-refractivity contribution in [3.63, 3.8) is 0 Å².